The first kappa shape index (κ1) is 23.6. The summed E-state index contributed by atoms with van der Waals surface area (Å²) in [7, 11) is 1.59. The molecule has 2 aromatic carbocycles. The van der Waals surface area contributed by atoms with Crippen LogP contribution in [0.3, 0.4) is 0 Å². The molecule has 0 spiro atoms. The highest BCUT2D eigenvalue weighted by molar-refractivity contribution is 5.97. The van der Waals surface area contributed by atoms with Gasteiger partial charge in [0.05, 0.1) is 19.6 Å². The molecule has 0 radical (unpaired) electrons. The summed E-state index contributed by atoms with van der Waals surface area (Å²) < 4.78 is 24.0. The first-order valence-electron chi connectivity index (χ1n) is 10.6. The Morgan fingerprint density at radius 2 is 1.63 bits per heavy atom. The highest BCUT2D eigenvalue weighted by Gasteiger charge is 2.32. The van der Waals surface area contributed by atoms with Crippen LogP contribution in [0.5, 0.6) is 5.75 Å². The van der Waals surface area contributed by atoms with E-state index in [1.165, 1.54) is 24.3 Å². The Morgan fingerprint density at radius 3 is 2.20 bits per heavy atom. The Hall–Kier alpha value is -2.69. The summed E-state index contributed by atoms with van der Waals surface area (Å²) in [4.78, 5) is 25.9. The van der Waals surface area contributed by atoms with Crippen molar-refractivity contribution in [3.63, 3.8) is 0 Å². The van der Waals surface area contributed by atoms with E-state index in [1.807, 2.05) is 31.2 Å². The van der Waals surface area contributed by atoms with Gasteiger partial charge >= 0.3 is 5.97 Å². The number of hydrogen-bond donors (Lipinski definition) is 0. The van der Waals surface area contributed by atoms with Crippen molar-refractivity contribution in [3.8, 4) is 5.75 Å². The van der Waals surface area contributed by atoms with Crippen molar-refractivity contribution in [1.82, 2.24) is 0 Å². The summed E-state index contributed by atoms with van der Waals surface area (Å²) in [6.07, 6.45) is 3.34. The monoisotopic (exact) mass is 414 g/mol. The van der Waals surface area contributed by atoms with E-state index < -0.39 is 5.92 Å². The molecule has 4 nitrogen and oxygen atoms in total. The van der Waals surface area contributed by atoms with Gasteiger partial charge in [-0.25, -0.2) is 4.39 Å². The van der Waals surface area contributed by atoms with Gasteiger partial charge in [0.1, 0.15) is 11.6 Å². The van der Waals surface area contributed by atoms with Crippen LogP contribution in [0.4, 0.5) is 4.39 Å². The van der Waals surface area contributed by atoms with Crippen molar-refractivity contribution in [2.24, 2.45) is 5.92 Å². The van der Waals surface area contributed by atoms with Gasteiger partial charge in [-0.15, -0.1) is 0 Å². The maximum absolute atomic E-state index is 13.3. The first-order chi connectivity index (χ1) is 14.5. The second kappa shape index (κ2) is 12.1. The minimum Gasteiger partial charge on any atom is -0.497 e. The molecule has 0 aliphatic heterocycles. The Labute approximate surface area is 178 Å². The Morgan fingerprint density at radius 1 is 0.967 bits per heavy atom. The van der Waals surface area contributed by atoms with Crippen LogP contribution in [0.25, 0.3) is 0 Å². The lowest BCUT2D eigenvalue weighted by molar-refractivity contribution is -0.149. The number of carbonyl (C=O) groups is 2. The van der Waals surface area contributed by atoms with Gasteiger partial charge in [0.25, 0.3) is 0 Å². The van der Waals surface area contributed by atoms with Crippen LogP contribution >= 0.6 is 0 Å². The predicted octanol–water partition coefficient (Wildman–Crippen LogP) is 5.95. The SMILES string of the molecule is CCCCC(C(=O)OCCC)[C@H](CC(=O)c1ccc(F)cc1)c1ccc(OC)cc1. The van der Waals surface area contributed by atoms with Gasteiger partial charge in [0.15, 0.2) is 5.78 Å². The minimum absolute atomic E-state index is 0.124. The lowest BCUT2D eigenvalue weighted by Crippen LogP contribution is -2.27. The molecule has 0 fully saturated rings. The zero-order valence-corrected chi connectivity index (χ0v) is 18.0. The minimum atomic E-state index is -0.422. The number of benzene rings is 2. The molecule has 162 valence electrons. The van der Waals surface area contributed by atoms with E-state index in [2.05, 4.69) is 6.92 Å². The normalized spacial score (nSPS) is 12.8. The number of Topliss-reactive ketones (excluding diaryl/α,β-unsaturated/α-hetero) is 1. The van der Waals surface area contributed by atoms with Gasteiger partial charge in [0.2, 0.25) is 0 Å². The molecule has 0 bridgehead atoms. The van der Waals surface area contributed by atoms with E-state index in [1.54, 1.807) is 7.11 Å². The molecule has 5 heteroatoms. The maximum Gasteiger partial charge on any atom is 0.309 e. The van der Waals surface area contributed by atoms with Gasteiger partial charge in [-0.2, -0.15) is 0 Å². The first-order valence-corrected chi connectivity index (χ1v) is 10.6. The van der Waals surface area contributed by atoms with Crippen LogP contribution in [-0.4, -0.2) is 25.5 Å². The van der Waals surface area contributed by atoms with Crippen molar-refractivity contribution in [2.75, 3.05) is 13.7 Å². The summed E-state index contributed by atoms with van der Waals surface area (Å²) in [6.45, 7) is 4.39. The van der Waals surface area contributed by atoms with E-state index in [0.29, 0.717) is 24.3 Å². The summed E-state index contributed by atoms with van der Waals surface area (Å²) in [5, 5.41) is 0. The van der Waals surface area contributed by atoms with Gasteiger partial charge in [-0.3, -0.25) is 9.59 Å². The Bertz CT molecular complexity index is 799. The molecule has 0 aliphatic rings. The van der Waals surface area contributed by atoms with Crippen molar-refractivity contribution in [1.29, 1.82) is 0 Å². The molecule has 0 aliphatic carbocycles. The third kappa shape index (κ3) is 6.68. The molecule has 2 atom stereocenters. The topological polar surface area (TPSA) is 52.6 Å². The van der Waals surface area contributed by atoms with Crippen LogP contribution in [0.1, 0.15) is 67.8 Å². The zero-order valence-electron chi connectivity index (χ0n) is 18.0. The van der Waals surface area contributed by atoms with Gasteiger partial charge in [0, 0.05) is 17.9 Å². The van der Waals surface area contributed by atoms with Gasteiger partial charge in [-0.1, -0.05) is 38.8 Å². The quantitative estimate of drug-likeness (QED) is 0.318. The molecular weight excluding hydrogens is 383 g/mol. The Kier molecular flexibility index (Phi) is 9.52. The molecule has 0 saturated heterocycles. The molecule has 0 N–H and O–H groups in total. The van der Waals surface area contributed by atoms with Crippen LogP contribution in [0.2, 0.25) is 0 Å². The number of rotatable bonds is 12. The maximum atomic E-state index is 13.3. The zero-order chi connectivity index (χ0) is 21.9. The molecule has 0 heterocycles. The van der Waals surface area contributed by atoms with E-state index in [0.717, 1.165) is 24.8 Å². The number of methoxy groups -OCH3 is 1. The predicted molar refractivity (Wildman–Crippen MR) is 115 cm³/mol. The van der Waals surface area contributed by atoms with Crippen molar-refractivity contribution in [3.05, 3.63) is 65.5 Å². The van der Waals surface area contributed by atoms with Gasteiger partial charge < -0.3 is 9.47 Å². The van der Waals surface area contributed by atoms with Crippen molar-refractivity contribution in [2.45, 2.75) is 51.9 Å². The van der Waals surface area contributed by atoms with Crippen molar-refractivity contribution < 1.29 is 23.5 Å². The number of esters is 1. The van der Waals surface area contributed by atoms with Crippen LogP contribution in [-0.2, 0) is 9.53 Å². The lowest BCUT2D eigenvalue weighted by atomic mass is 9.79. The Balaban J connectivity index is 2.36. The van der Waals surface area contributed by atoms with E-state index in [4.69, 9.17) is 9.47 Å². The molecule has 0 amide bonds. The summed E-state index contributed by atoms with van der Waals surface area (Å²) in [6, 6.07) is 13.0. The highest BCUT2D eigenvalue weighted by atomic mass is 19.1. The highest BCUT2D eigenvalue weighted by Crippen LogP contribution is 2.35. The van der Waals surface area contributed by atoms with Crippen molar-refractivity contribution >= 4 is 11.8 Å². The second-order valence-electron chi connectivity index (χ2n) is 7.43. The standard InChI is InChI=1S/C25H31FO4/c1-4-6-7-22(25(28)30-16-5-2)23(18-10-14-21(29-3)15-11-18)17-24(27)19-8-12-20(26)13-9-19/h8-15,22-23H,4-7,16-17H2,1-3H3/t22?,23-/m1/s1. The molecule has 1 unspecified atom stereocenters. The summed E-state index contributed by atoms with van der Waals surface area (Å²) in [5.41, 5.74) is 1.33. The van der Waals surface area contributed by atoms with Crippen LogP contribution < -0.4 is 4.74 Å². The second-order valence-corrected chi connectivity index (χ2v) is 7.43. The molecule has 30 heavy (non-hydrogen) atoms. The largest absolute Gasteiger partial charge is 0.497 e. The number of halogens is 1. The van der Waals surface area contributed by atoms with Gasteiger partial charge in [-0.05, 0) is 54.8 Å². The van der Waals surface area contributed by atoms with E-state index in [-0.39, 0.29) is 29.9 Å². The van der Waals surface area contributed by atoms with E-state index >= 15 is 0 Å². The van der Waals surface area contributed by atoms with Crippen LogP contribution in [0.15, 0.2) is 48.5 Å². The third-order valence-electron chi connectivity index (χ3n) is 5.22. The molecule has 0 saturated carbocycles. The fourth-order valence-electron chi connectivity index (χ4n) is 3.51. The summed E-state index contributed by atoms with van der Waals surface area (Å²) >= 11 is 0. The number of carbonyl (C=O) groups excluding carboxylic acids is 2. The van der Waals surface area contributed by atoms with E-state index in [9.17, 15) is 14.0 Å². The smallest absolute Gasteiger partial charge is 0.309 e. The number of hydrogen-bond acceptors (Lipinski definition) is 4. The molecule has 0 aromatic heterocycles. The fraction of sp³-hybridized carbons (Fsp3) is 0.440. The number of unbranched alkanes of at least 4 members (excludes halogenated alkanes) is 1. The van der Waals surface area contributed by atoms with Crippen LogP contribution in [0, 0.1) is 11.7 Å². The molecular formula is C25H31FO4. The average Bonchev–Trinajstić information content (AvgIpc) is 2.77. The molecule has 2 rings (SSSR count). The average molecular weight is 415 g/mol. The number of ketones is 1. The fourth-order valence-corrected chi connectivity index (χ4v) is 3.51. The molecule has 2 aromatic rings. The lowest BCUT2D eigenvalue weighted by Gasteiger charge is -2.26. The third-order valence-corrected chi connectivity index (χ3v) is 5.22. The summed E-state index contributed by atoms with van der Waals surface area (Å²) in [5.74, 6) is -0.819. The number of ether oxygens (including phenoxy) is 2.